The predicted molar refractivity (Wildman–Crippen MR) is 77.3 cm³/mol. The molecule has 0 fully saturated rings. The molecule has 0 bridgehead atoms. The molecule has 0 radical (unpaired) electrons. The highest BCUT2D eigenvalue weighted by atomic mass is 16.5. The van der Waals surface area contributed by atoms with Gasteiger partial charge in [-0.15, -0.1) is 0 Å². The monoisotopic (exact) mass is 290 g/mol. The number of hydrogen-bond donors (Lipinski definition) is 1. The molecule has 1 amide bonds. The number of aryl methyl sites for hydroxylation is 3. The first-order chi connectivity index (χ1) is 9.92. The summed E-state index contributed by atoms with van der Waals surface area (Å²) >= 11 is 0. The minimum atomic E-state index is -0.518. The summed E-state index contributed by atoms with van der Waals surface area (Å²) in [5, 5.41) is 2.67. The molecule has 7 nitrogen and oxygen atoms in total. The summed E-state index contributed by atoms with van der Waals surface area (Å²) in [7, 11) is 3.46. The second-order valence-electron chi connectivity index (χ2n) is 4.75. The first-order valence-electron chi connectivity index (χ1n) is 6.57. The van der Waals surface area contributed by atoms with Crippen LogP contribution in [0.3, 0.4) is 0 Å². The number of nitrogens with zero attached hydrogens (tertiary/aromatic N) is 3. The molecule has 21 heavy (non-hydrogen) atoms. The van der Waals surface area contributed by atoms with Gasteiger partial charge in [0, 0.05) is 26.5 Å². The highest BCUT2D eigenvalue weighted by Gasteiger charge is 2.17. The van der Waals surface area contributed by atoms with E-state index in [1.807, 2.05) is 13.1 Å². The normalized spacial score (nSPS) is 10.5. The van der Waals surface area contributed by atoms with Gasteiger partial charge < -0.3 is 19.2 Å². The highest BCUT2D eigenvalue weighted by Crippen LogP contribution is 2.12. The van der Waals surface area contributed by atoms with Gasteiger partial charge >= 0.3 is 5.97 Å². The summed E-state index contributed by atoms with van der Waals surface area (Å²) < 4.78 is 8.15. The van der Waals surface area contributed by atoms with Crippen LogP contribution in [0.15, 0.2) is 18.5 Å². The fourth-order valence-electron chi connectivity index (χ4n) is 2.05. The quantitative estimate of drug-likeness (QED) is 0.865. The Bertz CT molecular complexity index is 684. The van der Waals surface area contributed by atoms with Crippen molar-refractivity contribution in [2.75, 3.05) is 11.9 Å². The Labute approximate surface area is 122 Å². The zero-order valence-electron chi connectivity index (χ0n) is 12.5. The number of carbonyl (C=O) groups excluding carboxylic acids is 2. The van der Waals surface area contributed by atoms with E-state index in [0.717, 1.165) is 5.56 Å². The molecule has 112 valence electrons. The van der Waals surface area contributed by atoms with Gasteiger partial charge in [0.25, 0.3) is 5.91 Å². The number of esters is 1. The SMILES string of the molecule is CCOC(=O)c1nc(NC(=O)c2cc(C)cn2C)cn1C. The third kappa shape index (κ3) is 3.13. The first kappa shape index (κ1) is 14.8. The maximum absolute atomic E-state index is 12.2. The van der Waals surface area contributed by atoms with Crippen molar-refractivity contribution in [1.82, 2.24) is 14.1 Å². The molecule has 0 spiro atoms. The van der Waals surface area contributed by atoms with E-state index in [4.69, 9.17) is 4.74 Å². The lowest BCUT2D eigenvalue weighted by molar-refractivity contribution is 0.0508. The van der Waals surface area contributed by atoms with Crippen LogP contribution in [0.1, 0.15) is 33.6 Å². The zero-order chi connectivity index (χ0) is 15.6. The van der Waals surface area contributed by atoms with Gasteiger partial charge in [-0.25, -0.2) is 9.78 Å². The number of amides is 1. The highest BCUT2D eigenvalue weighted by molar-refractivity contribution is 6.03. The minimum Gasteiger partial charge on any atom is -0.460 e. The van der Waals surface area contributed by atoms with E-state index in [2.05, 4.69) is 10.3 Å². The van der Waals surface area contributed by atoms with Gasteiger partial charge in [0.05, 0.1) is 6.61 Å². The van der Waals surface area contributed by atoms with Crippen LogP contribution in [-0.4, -0.2) is 32.6 Å². The number of nitrogens with one attached hydrogen (secondary N) is 1. The standard InChI is InChI=1S/C14H18N4O3/c1-5-21-14(20)12-15-11(8-18(12)4)16-13(19)10-6-9(2)7-17(10)3/h6-8H,5H2,1-4H3,(H,16,19). The molecule has 0 unspecified atom stereocenters. The summed E-state index contributed by atoms with van der Waals surface area (Å²) in [6.07, 6.45) is 3.43. The fourth-order valence-corrected chi connectivity index (χ4v) is 2.05. The van der Waals surface area contributed by atoms with Crippen LogP contribution < -0.4 is 5.32 Å². The number of hydrogen-bond acceptors (Lipinski definition) is 4. The summed E-state index contributed by atoms with van der Waals surface area (Å²) in [6, 6.07) is 1.78. The second kappa shape index (κ2) is 5.82. The summed E-state index contributed by atoms with van der Waals surface area (Å²) in [6.45, 7) is 3.91. The van der Waals surface area contributed by atoms with Crippen molar-refractivity contribution in [3.63, 3.8) is 0 Å². The number of ether oxygens (including phenoxy) is 1. The van der Waals surface area contributed by atoms with Crippen molar-refractivity contribution in [2.45, 2.75) is 13.8 Å². The van der Waals surface area contributed by atoms with Crippen LogP contribution in [-0.2, 0) is 18.8 Å². The molecule has 2 aromatic rings. The largest absolute Gasteiger partial charge is 0.460 e. The molecule has 0 saturated heterocycles. The second-order valence-corrected chi connectivity index (χ2v) is 4.75. The van der Waals surface area contributed by atoms with Crippen molar-refractivity contribution >= 4 is 17.7 Å². The molecule has 0 saturated carbocycles. The van der Waals surface area contributed by atoms with Crippen molar-refractivity contribution in [3.05, 3.63) is 35.5 Å². The minimum absolute atomic E-state index is 0.148. The van der Waals surface area contributed by atoms with Gasteiger partial charge in [-0.3, -0.25) is 4.79 Å². The topological polar surface area (TPSA) is 78.2 Å². The van der Waals surface area contributed by atoms with Crippen LogP contribution in [0.4, 0.5) is 5.82 Å². The Balaban J connectivity index is 2.17. The van der Waals surface area contributed by atoms with E-state index in [9.17, 15) is 9.59 Å². The van der Waals surface area contributed by atoms with Crippen molar-refractivity contribution in [3.8, 4) is 0 Å². The number of anilines is 1. The molecule has 2 rings (SSSR count). The number of carbonyl (C=O) groups is 2. The van der Waals surface area contributed by atoms with E-state index in [1.165, 1.54) is 4.57 Å². The van der Waals surface area contributed by atoms with Crippen LogP contribution in [0.2, 0.25) is 0 Å². The molecule has 1 N–H and O–H groups in total. The molecule has 0 aromatic carbocycles. The van der Waals surface area contributed by atoms with Crippen LogP contribution >= 0.6 is 0 Å². The van der Waals surface area contributed by atoms with Gasteiger partial charge in [-0.05, 0) is 25.5 Å². The molecular formula is C14H18N4O3. The van der Waals surface area contributed by atoms with E-state index < -0.39 is 5.97 Å². The summed E-state index contributed by atoms with van der Waals surface area (Å²) in [5.41, 5.74) is 1.52. The van der Waals surface area contributed by atoms with Gasteiger partial charge in [-0.1, -0.05) is 0 Å². The van der Waals surface area contributed by atoms with E-state index in [-0.39, 0.29) is 18.3 Å². The van der Waals surface area contributed by atoms with Gasteiger partial charge in [0.2, 0.25) is 5.82 Å². The van der Waals surface area contributed by atoms with E-state index in [1.54, 1.807) is 37.8 Å². The number of rotatable bonds is 4. The Hall–Kier alpha value is -2.57. The van der Waals surface area contributed by atoms with Crippen LogP contribution in [0.25, 0.3) is 0 Å². The molecular weight excluding hydrogens is 272 g/mol. The number of aromatic nitrogens is 3. The maximum atomic E-state index is 12.2. The summed E-state index contributed by atoms with van der Waals surface area (Å²) in [5.74, 6) is -0.339. The average molecular weight is 290 g/mol. The Morgan fingerprint density at radius 2 is 2.00 bits per heavy atom. The van der Waals surface area contributed by atoms with Crippen molar-refractivity contribution in [1.29, 1.82) is 0 Å². The third-order valence-electron chi connectivity index (χ3n) is 2.95. The lowest BCUT2D eigenvalue weighted by atomic mass is 10.3. The van der Waals surface area contributed by atoms with Crippen molar-refractivity contribution in [2.24, 2.45) is 14.1 Å². The van der Waals surface area contributed by atoms with Crippen molar-refractivity contribution < 1.29 is 14.3 Å². The Kier molecular flexibility index (Phi) is 4.11. The lowest BCUT2D eigenvalue weighted by Gasteiger charge is -2.02. The lowest BCUT2D eigenvalue weighted by Crippen LogP contribution is -2.15. The van der Waals surface area contributed by atoms with Crippen LogP contribution in [0, 0.1) is 6.92 Å². The molecule has 0 aliphatic carbocycles. The van der Waals surface area contributed by atoms with E-state index in [0.29, 0.717) is 11.5 Å². The van der Waals surface area contributed by atoms with Crippen LogP contribution in [0.5, 0.6) is 0 Å². The van der Waals surface area contributed by atoms with Gasteiger partial charge in [0.1, 0.15) is 5.69 Å². The molecule has 0 aliphatic rings. The average Bonchev–Trinajstić information content (AvgIpc) is 2.92. The zero-order valence-corrected chi connectivity index (χ0v) is 12.5. The molecule has 2 aromatic heterocycles. The predicted octanol–water partition coefficient (Wildman–Crippen LogP) is 1.50. The molecule has 7 heteroatoms. The Morgan fingerprint density at radius 3 is 2.57 bits per heavy atom. The smallest absolute Gasteiger partial charge is 0.374 e. The third-order valence-corrected chi connectivity index (χ3v) is 2.95. The molecule has 2 heterocycles. The first-order valence-corrected chi connectivity index (χ1v) is 6.57. The molecule has 0 aliphatic heterocycles. The fraction of sp³-hybridized carbons (Fsp3) is 0.357. The Morgan fingerprint density at radius 1 is 1.29 bits per heavy atom. The summed E-state index contributed by atoms with van der Waals surface area (Å²) in [4.78, 5) is 27.9. The van der Waals surface area contributed by atoms with E-state index >= 15 is 0 Å². The molecule has 0 atom stereocenters. The van der Waals surface area contributed by atoms with Gasteiger partial charge in [0.15, 0.2) is 5.82 Å². The number of imidazole rings is 1. The van der Waals surface area contributed by atoms with Gasteiger partial charge in [-0.2, -0.15) is 0 Å². The maximum Gasteiger partial charge on any atom is 0.374 e.